The lowest BCUT2D eigenvalue weighted by Crippen LogP contribution is -2.32. The number of halogens is 1. The van der Waals surface area contributed by atoms with Crippen LogP contribution < -0.4 is 10.1 Å². The molecule has 0 bridgehead atoms. The van der Waals surface area contributed by atoms with Crippen LogP contribution in [-0.2, 0) is 17.8 Å². The highest BCUT2D eigenvalue weighted by molar-refractivity contribution is 6.30. The number of nitrogens with zero attached hydrogens (tertiary/aromatic N) is 2. The average molecular weight is 430 g/mol. The van der Waals surface area contributed by atoms with Crippen molar-refractivity contribution in [3.63, 3.8) is 0 Å². The number of nitrogens with one attached hydrogen (secondary N) is 1. The first-order valence-electron chi connectivity index (χ1n) is 10.1. The lowest BCUT2D eigenvalue weighted by molar-refractivity contribution is -0.125. The van der Waals surface area contributed by atoms with Crippen molar-refractivity contribution in [2.75, 3.05) is 27.2 Å². The Kier molecular flexibility index (Phi) is 7.34. The van der Waals surface area contributed by atoms with Crippen molar-refractivity contribution >= 4 is 23.5 Å². The number of ether oxygens (including phenoxy) is 1. The van der Waals surface area contributed by atoms with Crippen molar-refractivity contribution in [3.8, 4) is 5.75 Å². The Morgan fingerprint density at radius 1 is 1.17 bits per heavy atom. The van der Waals surface area contributed by atoms with E-state index in [0.717, 1.165) is 28.3 Å². The van der Waals surface area contributed by atoms with Gasteiger partial charge in [-0.25, -0.2) is 4.79 Å². The summed E-state index contributed by atoms with van der Waals surface area (Å²) >= 11 is 5.96. The second kappa shape index (κ2) is 9.96. The minimum absolute atomic E-state index is 0.134. The van der Waals surface area contributed by atoms with Crippen LogP contribution in [0.2, 0.25) is 5.02 Å². The standard InChI is InChI=1S/C23H28ClN3O3/c1-16(18-8-10-20(24)11-9-18)25-14-17-6-7-19(21(13-17)30-3)5-4-12-27-22(28)15-26(2)23(27)29/h6-11,13,16,25H,4-5,12,14-15H2,1-3H3/t16-/m0/s1. The molecule has 1 heterocycles. The van der Waals surface area contributed by atoms with Gasteiger partial charge in [0.25, 0.3) is 0 Å². The van der Waals surface area contributed by atoms with Gasteiger partial charge in [-0.05, 0) is 54.7 Å². The smallest absolute Gasteiger partial charge is 0.326 e. The molecule has 2 aromatic rings. The van der Waals surface area contributed by atoms with E-state index in [4.69, 9.17) is 16.3 Å². The fourth-order valence-corrected chi connectivity index (χ4v) is 3.69. The summed E-state index contributed by atoms with van der Waals surface area (Å²) in [5, 5.41) is 4.25. The monoisotopic (exact) mass is 429 g/mol. The quantitative estimate of drug-likeness (QED) is 0.611. The van der Waals surface area contributed by atoms with Crippen LogP contribution in [0.4, 0.5) is 4.79 Å². The molecular formula is C23H28ClN3O3. The van der Waals surface area contributed by atoms with Gasteiger partial charge in [0.1, 0.15) is 12.3 Å². The SMILES string of the molecule is COc1cc(CN[C@@H](C)c2ccc(Cl)cc2)ccc1CCCN1C(=O)CN(C)C1=O. The summed E-state index contributed by atoms with van der Waals surface area (Å²) in [6, 6.07) is 14.0. The summed E-state index contributed by atoms with van der Waals surface area (Å²) in [6.07, 6.45) is 1.44. The number of carbonyl (C=O) groups is 2. The maximum atomic E-state index is 12.0. The third-order valence-corrected chi connectivity index (χ3v) is 5.64. The van der Waals surface area contributed by atoms with Gasteiger partial charge in [0.2, 0.25) is 5.91 Å². The second-order valence-electron chi connectivity index (χ2n) is 7.59. The maximum Gasteiger partial charge on any atom is 0.326 e. The number of hydrogen-bond acceptors (Lipinski definition) is 4. The number of hydrogen-bond donors (Lipinski definition) is 1. The van der Waals surface area contributed by atoms with Gasteiger partial charge in [0.15, 0.2) is 0 Å². The fourth-order valence-electron chi connectivity index (χ4n) is 3.56. The van der Waals surface area contributed by atoms with Crippen LogP contribution in [0.1, 0.15) is 36.1 Å². The summed E-state index contributed by atoms with van der Waals surface area (Å²) in [4.78, 5) is 26.6. The Bertz CT molecular complexity index is 901. The predicted molar refractivity (Wildman–Crippen MR) is 118 cm³/mol. The number of amides is 3. The molecule has 2 aromatic carbocycles. The molecular weight excluding hydrogens is 402 g/mol. The lowest BCUT2D eigenvalue weighted by atomic mass is 10.0. The molecule has 0 spiro atoms. The molecule has 1 N–H and O–H groups in total. The molecule has 3 rings (SSSR count). The first-order valence-corrected chi connectivity index (χ1v) is 10.5. The first kappa shape index (κ1) is 22.1. The van der Waals surface area contributed by atoms with E-state index in [-0.39, 0.29) is 24.5 Å². The van der Waals surface area contributed by atoms with Crippen LogP contribution >= 0.6 is 11.6 Å². The van der Waals surface area contributed by atoms with Crippen LogP contribution in [0.25, 0.3) is 0 Å². The number of urea groups is 1. The predicted octanol–water partition coefficient (Wildman–Crippen LogP) is 4.03. The fraction of sp³-hybridized carbons (Fsp3) is 0.391. The van der Waals surface area contributed by atoms with Crippen LogP contribution in [0.5, 0.6) is 5.75 Å². The highest BCUT2D eigenvalue weighted by atomic mass is 35.5. The third-order valence-electron chi connectivity index (χ3n) is 5.39. The van der Waals surface area contributed by atoms with Gasteiger partial charge in [0, 0.05) is 31.2 Å². The largest absolute Gasteiger partial charge is 0.496 e. The number of imide groups is 1. The number of aryl methyl sites for hydroxylation is 1. The number of carbonyl (C=O) groups excluding carboxylic acids is 2. The van der Waals surface area contributed by atoms with Crippen LogP contribution in [-0.4, -0.2) is 49.0 Å². The molecule has 0 saturated carbocycles. The molecule has 30 heavy (non-hydrogen) atoms. The Balaban J connectivity index is 1.54. The summed E-state index contributed by atoms with van der Waals surface area (Å²) in [5.74, 6) is 0.690. The summed E-state index contributed by atoms with van der Waals surface area (Å²) in [5.41, 5.74) is 3.38. The van der Waals surface area contributed by atoms with E-state index >= 15 is 0 Å². The van der Waals surface area contributed by atoms with Crippen LogP contribution in [0.3, 0.4) is 0 Å². The van der Waals surface area contributed by atoms with Crippen molar-refractivity contribution in [1.29, 1.82) is 0 Å². The van der Waals surface area contributed by atoms with Gasteiger partial charge < -0.3 is 15.0 Å². The van der Waals surface area contributed by atoms with Crippen molar-refractivity contribution in [1.82, 2.24) is 15.1 Å². The molecule has 1 aliphatic heterocycles. The van der Waals surface area contributed by atoms with E-state index in [1.54, 1.807) is 14.2 Å². The number of rotatable bonds is 9. The van der Waals surface area contributed by atoms with Crippen molar-refractivity contribution in [2.45, 2.75) is 32.4 Å². The number of likely N-dealkylation sites (N-methyl/N-ethyl adjacent to an activating group) is 1. The molecule has 0 aromatic heterocycles. The molecule has 0 unspecified atom stereocenters. The van der Waals surface area contributed by atoms with E-state index in [2.05, 4.69) is 24.4 Å². The highest BCUT2D eigenvalue weighted by Crippen LogP contribution is 2.23. The Morgan fingerprint density at radius 2 is 1.90 bits per heavy atom. The zero-order valence-electron chi connectivity index (χ0n) is 17.7. The van der Waals surface area contributed by atoms with Crippen molar-refractivity contribution < 1.29 is 14.3 Å². The molecule has 1 atom stereocenters. The minimum atomic E-state index is -0.219. The van der Waals surface area contributed by atoms with Crippen LogP contribution in [0, 0.1) is 0 Å². The molecule has 3 amide bonds. The van der Waals surface area contributed by atoms with E-state index in [0.29, 0.717) is 19.5 Å². The van der Waals surface area contributed by atoms with Crippen molar-refractivity contribution in [2.24, 2.45) is 0 Å². The van der Waals surface area contributed by atoms with Crippen LogP contribution in [0.15, 0.2) is 42.5 Å². The zero-order valence-corrected chi connectivity index (χ0v) is 18.4. The highest BCUT2D eigenvalue weighted by Gasteiger charge is 2.32. The van der Waals surface area contributed by atoms with E-state index < -0.39 is 0 Å². The summed E-state index contributed by atoms with van der Waals surface area (Å²) in [6.45, 7) is 3.42. The molecule has 6 nitrogen and oxygen atoms in total. The molecule has 0 aliphatic carbocycles. The average Bonchev–Trinajstić information content (AvgIpc) is 2.98. The Hall–Kier alpha value is -2.57. The van der Waals surface area contributed by atoms with E-state index in [1.807, 2.05) is 30.3 Å². The number of methoxy groups -OCH3 is 1. The molecule has 1 saturated heterocycles. The van der Waals surface area contributed by atoms with Gasteiger partial charge in [-0.15, -0.1) is 0 Å². The van der Waals surface area contributed by atoms with Gasteiger partial charge >= 0.3 is 6.03 Å². The molecule has 160 valence electrons. The molecule has 1 fully saturated rings. The Morgan fingerprint density at radius 3 is 2.53 bits per heavy atom. The van der Waals surface area contributed by atoms with E-state index in [9.17, 15) is 9.59 Å². The zero-order chi connectivity index (χ0) is 21.7. The Labute approximate surface area is 182 Å². The maximum absolute atomic E-state index is 12.0. The third kappa shape index (κ3) is 5.32. The molecule has 0 radical (unpaired) electrons. The van der Waals surface area contributed by atoms with Gasteiger partial charge in [0.05, 0.1) is 7.11 Å². The minimum Gasteiger partial charge on any atom is -0.496 e. The normalized spacial score (nSPS) is 15.1. The molecule has 1 aliphatic rings. The van der Waals surface area contributed by atoms with Crippen molar-refractivity contribution in [3.05, 3.63) is 64.2 Å². The first-order chi connectivity index (χ1) is 14.4. The lowest BCUT2D eigenvalue weighted by Gasteiger charge is -2.17. The second-order valence-corrected chi connectivity index (χ2v) is 8.02. The van der Waals surface area contributed by atoms with Gasteiger partial charge in [-0.2, -0.15) is 0 Å². The summed E-state index contributed by atoms with van der Waals surface area (Å²) < 4.78 is 5.57. The topological polar surface area (TPSA) is 61.9 Å². The molecule has 7 heteroatoms. The van der Waals surface area contributed by atoms with Gasteiger partial charge in [-0.1, -0.05) is 35.9 Å². The summed E-state index contributed by atoms with van der Waals surface area (Å²) in [7, 11) is 3.30. The van der Waals surface area contributed by atoms with E-state index in [1.165, 1.54) is 15.4 Å². The van der Waals surface area contributed by atoms with Gasteiger partial charge in [-0.3, -0.25) is 9.69 Å². The number of benzene rings is 2.